The molecule has 0 amide bonds. The van der Waals surface area contributed by atoms with E-state index in [0.29, 0.717) is 0 Å². The third-order valence-corrected chi connectivity index (χ3v) is 4.28. The Kier molecular flexibility index (Phi) is 5.59. The van der Waals surface area contributed by atoms with E-state index in [1.54, 1.807) is 0 Å². The fourth-order valence-electron chi connectivity index (χ4n) is 2.96. The van der Waals surface area contributed by atoms with Crippen molar-refractivity contribution in [1.82, 2.24) is 14.8 Å². The van der Waals surface area contributed by atoms with Crippen LogP contribution in [0.15, 0.2) is 42.6 Å². The molecular formula is C20H12F6N4O. The summed E-state index contributed by atoms with van der Waals surface area (Å²) in [6.07, 6.45) is -8.88. The van der Waals surface area contributed by atoms with Crippen LogP contribution in [-0.4, -0.2) is 20.5 Å². The molecule has 31 heavy (non-hydrogen) atoms. The minimum absolute atomic E-state index is 0.00253. The summed E-state index contributed by atoms with van der Waals surface area (Å²) in [6.45, 7) is 1.31. The van der Waals surface area contributed by atoms with Crippen molar-refractivity contribution in [2.75, 3.05) is 0 Å². The van der Waals surface area contributed by atoms with Gasteiger partial charge in [-0.2, -0.15) is 36.7 Å². The first kappa shape index (κ1) is 22.0. The maximum Gasteiger partial charge on any atom is 0.417 e. The number of carbonyl (C=O) groups excluding carboxylic acids is 1. The van der Waals surface area contributed by atoms with Crippen LogP contribution in [0.2, 0.25) is 0 Å². The monoisotopic (exact) mass is 438 g/mol. The molecule has 0 fully saturated rings. The first-order valence-electron chi connectivity index (χ1n) is 8.65. The predicted octanol–water partition coefficient (Wildman–Crippen LogP) is 4.91. The molecule has 3 rings (SSSR count). The smallest absolute Gasteiger partial charge is 0.294 e. The van der Waals surface area contributed by atoms with Crippen molar-refractivity contribution >= 4 is 5.78 Å². The molecule has 0 radical (unpaired) electrons. The molecule has 0 atom stereocenters. The van der Waals surface area contributed by atoms with E-state index < -0.39 is 52.6 Å². The molecule has 2 aromatic heterocycles. The average molecular weight is 438 g/mol. The van der Waals surface area contributed by atoms with E-state index in [9.17, 15) is 36.4 Å². The second-order valence-corrected chi connectivity index (χ2v) is 6.51. The molecule has 0 bridgehead atoms. The fraction of sp³-hybridized carbons (Fsp3) is 0.200. The SMILES string of the molecule is Cc1cc(C(F)(F)F)c(C#N)c(-n2ccc(CC(=O)c3ccccc3C(F)(F)F)n2)n1. The Bertz CT molecular complexity index is 1190. The van der Waals surface area contributed by atoms with Gasteiger partial charge >= 0.3 is 12.4 Å². The quantitative estimate of drug-likeness (QED) is 0.429. The van der Waals surface area contributed by atoms with Gasteiger partial charge in [-0.1, -0.05) is 18.2 Å². The van der Waals surface area contributed by atoms with Crippen molar-refractivity contribution in [3.63, 3.8) is 0 Å². The van der Waals surface area contributed by atoms with E-state index in [0.717, 1.165) is 28.9 Å². The van der Waals surface area contributed by atoms with Crippen LogP contribution in [0.3, 0.4) is 0 Å². The Labute approximate surface area is 171 Å². The number of hydrogen-bond donors (Lipinski definition) is 0. The minimum Gasteiger partial charge on any atom is -0.294 e. The number of carbonyl (C=O) groups is 1. The van der Waals surface area contributed by atoms with E-state index in [4.69, 9.17) is 0 Å². The number of alkyl halides is 6. The summed E-state index contributed by atoms with van der Waals surface area (Å²) >= 11 is 0. The molecule has 2 heterocycles. The van der Waals surface area contributed by atoms with Gasteiger partial charge in [0, 0.05) is 17.5 Å². The number of nitrogens with zero attached hydrogens (tertiary/aromatic N) is 4. The lowest BCUT2D eigenvalue weighted by atomic mass is 10.0. The van der Waals surface area contributed by atoms with Gasteiger partial charge < -0.3 is 0 Å². The summed E-state index contributed by atoms with van der Waals surface area (Å²) in [5.74, 6) is -1.27. The molecule has 1 aromatic carbocycles. The highest BCUT2D eigenvalue weighted by Crippen LogP contribution is 2.34. The lowest BCUT2D eigenvalue weighted by molar-refractivity contribution is -0.138. The first-order valence-corrected chi connectivity index (χ1v) is 8.65. The molecule has 3 aromatic rings. The van der Waals surface area contributed by atoms with Gasteiger partial charge in [-0.05, 0) is 25.1 Å². The van der Waals surface area contributed by atoms with Gasteiger partial charge in [0.1, 0.15) is 11.6 Å². The molecule has 0 saturated heterocycles. The van der Waals surface area contributed by atoms with Gasteiger partial charge in [-0.25, -0.2) is 9.67 Å². The topological polar surface area (TPSA) is 71.6 Å². The summed E-state index contributed by atoms with van der Waals surface area (Å²) in [7, 11) is 0. The number of benzene rings is 1. The van der Waals surface area contributed by atoms with Gasteiger partial charge in [0.2, 0.25) is 0 Å². The molecule has 0 spiro atoms. The third kappa shape index (κ3) is 4.58. The number of rotatable bonds is 4. The lowest BCUT2D eigenvalue weighted by Gasteiger charge is -2.13. The van der Waals surface area contributed by atoms with Gasteiger partial charge in [-0.15, -0.1) is 0 Å². The molecule has 0 saturated carbocycles. The zero-order chi connectivity index (χ0) is 23.0. The molecule has 5 nitrogen and oxygen atoms in total. The van der Waals surface area contributed by atoms with Crippen molar-refractivity contribution in [2.45, 2.75) is 25.7 Å². The number of ketones is 1. The highest BCUT2D eigenvalue weighted by Gasteiger charge is 2.36. The zero-order valence-electron chi connectivity index (χ0n) is 15.7. The Morgan fingerprint density at radius 1 is 1.06 bits per heavy atom. The molecular weight excluding hydrogens is 426 g/mol. The number of pyridine rings is 1. The van der Waals surface area contributed by atoms with Crippen LogP contribution in [0.1, 0.15) is 38.4 Å². The minimum atomic E-state index is -4.80. The predicted molar refractivity (Wildman–Crippen MR) is 95.3 cm³/mol. The van der Waals surface area contributed by atoms with E-state index in [1.807, 2.05) is 0 Å². The second-order valence-electron chi connectivity index (χ2n) is 6.51. The molecule has 0 unspecified atom stereocenters. The number of hydrogen-bond acceptors (Lipinski definition) is 4. The standard InChI is InChI=1S/C20H12F6N4O/c1-11-8-16(20(24,25)26)14(10-27)18(28-11)30-7-6-12(29-30)9-17(31)13-4-2-3-5-15(13)19(21,22)23/h2-8H,9H2,1H3. The van der Waals surface area contributed by atoms with Gasteiger partial charge in [0.15, 0.2) is 11.6 Å². The lowest BCUT2D eigenvalue weighted by Crippen LogP contribution is -2.15. The van der Waals surface area contributed by atoms with Crippen molar-refractivity contribution in [3.8, 4) is 11.9 Å². The number of aryl methyl sites for hydroxylation is 1. The maximum atomic E-state index is 13.3. The molecule has 0 aliphatic heterocycles. The van der Waals surface area contributed by atoms with Crippen molar-refractivity contribution in [2.24, 2.45) is 0 Å². The fourth-order valence-corrected chi connectivity index (χ4v) is 2.96. The molecule has 11 heteroatoms. The van der Waals surface area contributed by atoms with Crippen molar-refractivity contribution in [3.05, 3.63) is 76.2 Å². The highest BCUT2D eigenvalue weighted by molar-refractivity contribution is 5.98. The summed E-state index contributed by atoms with van der Waals surface area (Å²) in [5.41, 5.74) is -3.61. The van der Waals surface area contributed by atoms with Crippen LogP contribution < -0.4 is 0 Å². The Morgan fingerprint density at radius 3 is 2.32 bits per heavy atom. The van der Waals surface area contributed by atoms with Crippen molar-refractivity contribution < 1.29 is 31.1 Å². The maximum absolute atomic E-state index is 13.3. The molecule has 0 aliphatic carbocycles. The highest BCUT2D eigenvalue weighted by atomic mass is 19.4. The molecule has 0 aliphatic rings. The Morgan fingerprint density at radius 2 is 1.71 bits per heavy atom. The van der Waals surface area contributed by atoms with Crippen LogP contribution in [0.25, 0.3) is 5.82 Å². The van der Waals surface area contributed by atoms with Crippen LogP contribution in [0.5, 0.6) is 0 Å². The molecule has 0 N–H and O–H groups in total. The van der Waals surface area contributed by atoms with Crippen LogP contribution in [-0.2, 0) is 18.8 Å². The number of aromatic nitrogens is 3. The van der Waals surface area contributed by atoms with E-state index >= 15 is 0 Å². The van der Waals surface area contributed by atoms with E-state index in [2.05, 4.69) is 10.1 Å². The number of halogens is 6. The normalized spacial score (nSPS) is 11.9. The number of nitriles is 1. The van der Waals surface area contributed by atoms with Gasteiger partial charge in [0.05, 0.1) is 23.2 Å². The summed E-state index contributed by atoms with van der Waals surface area (Å²) in [5, 5.41) is 13.2. The van der Waals surface area contributed by atoms with E-state index in [1.165, 1.54) is 31.3 Å². The van der Waals surface area contributed by atoms with Crippen LogP contribution in [0, 0.1) is 18.3 Å². The summed E-state index contributed by atoms with van der Waals surface area (Å²) in [6, 6.07) is 7.70. The third-order valence-electron chi connectivity index (χ3n) is 4.28. The summed E-state index contributed by atoms with van der Waals surface area (Å²) < 4.78 is 80.1. The van der Waals surface area contributed by atoms with Crippen LogP contribution >= 0.6 is 0 Å². The van der Waals surface area contributed by atoms with Gasteiger partial charge in [0.25, 0.3) is 0 Å². The zero-order valence-corrected chi connectivity index (χ0v) is 15.7. The van der Waals surface area contributed by atoms with E-state index in [-0.39, 0.29) is 11.4 Å². The van der Waals surface area contributed by atoms with Crippen LogP contribution in [0.4, 0.5) is 26.3 Å². The average Bonchev–Trinajstić information content (AvgIpc) is 3.14. The Hall–Kier alpha value is -3.68. The largest absolute Gasteiger partial charge is 0.417 e. The Balaban J connectivity index is 1.97. The van der Waals surface area contributed by atoms with Crippen molar-refractivity contribution in [1.29, 1.82) is 5.26 Å². The second kappa shape index (κ2) is 7.86. The molecule has 160 valence electrons. The number of Topliss-reactive ketones (excluding diaryl/α,β-unsaturated/α-hetero) is 1. The summed E-state index contributed by atoms with van der Waals surface area (Å²) in [4.78, 5) is 16.4. The van der Waals surface area contributed by atoms with Gasteiger partial charge in [-0.3, -0.25) is 4.79 Å². The first-order chi connectivity index (χ1) is 14.4.